The first kappa shape index (κ1) is 40.2. The first-order valence-electron chi connectivity index (χ1n) is 16.4. The number of nitrogens with zero attached hydrogens (tertiary/aromatic N) is 5. The molecule has 0 spiro atoms. The number of methoxy groups -OCH3 is 1. The number of H-pyrrole nitrogens is 2. The van der Waals surface area contributed by atoms with Crippen molar-refractivity contribution in [2.75, 3.05) is 19.9 Å². The third-order valence-electron chi connectivity index (χ3n) is 9.58. The highest BCUT2D eigenvalue weighted by molar-refractivity contribution is 7.57. The summed E-state index contributed by atoms with van der Waals surface area (Å²) in [5.74, 6) is -0.737. The normalized spacial score (nSPS) is 25.6. The van der Waals surface area contributed by atoms with Crippen molar-refractivity contribution in [1.82, 2.24) is 24.2 Å². The Hall–Kier alpha value is -3.61. The van der Waals surface area contributed by atoms with Gasteiger partial charge in [0, 0.05) is 41.3 Å². The van der Waals surface area contributed by atoms with Gasteiger partial charge in [-0.15, -0.1) is 0 Å². The highest BCUT2D eigenvalue weighted by atomic mass is 31.2. The van der Waals surface area contributed by atoms with Crippen molar-refractivity contribution in [1.29, 1.82) is 0 Å². The molecule has 3 N–H and O–H groups in total. The minimum absolute atomic E-state index is 0.00125. The van der Waals surface area contributed by atoms with Gasteiger partial charge in [0.1, 0.15) is 24.6 Å². The molecule has 0 aliphatic carbocycles. The van der Waals surface area contributed by atoms with Gasteiger partial charge in [0.2, 0.25) is 0 Å². The van der Waals surface area contributed by atoms with Gasteiger partial charge in [0.05, 0.1) is 38.1 Å². The molecule has 51 heavy (non-hydrogen) atoms. The summed E-state index contributed by atoms with van der Waals surface area (Å²) in [5.41, 5.74) is 7.29. The monoisotopic (exact) mass is 754 g/mol. The van der Waals surface area contributed by atoms with E-state index in [1.54, 1.807) is 6.92 Å². The quantitative estimate of drug-likeness (QED) is 0.0667. The number of ether oxygens (including phenoxy) is 3. The molecule has 2 aliphatic heterocycles. The van der Waals surface area contributed by atoms with Crippen molar-refractivity contribution in [2.24, 2.45) is 5.11 Å². The smallest absolute Gasteiger partial charge is 0.330 e. The zero-order chi connectivity index (χ0) is 38.1. The molecule has 282 valence electrons. The molecule has 21 heteroatoms. The Morgan fingerprint density at radius 3 is 2.10 bits per heavy atom. The number of aromatic amines is 2. The largest absolute Gasteiger partial charge is 0.468 e. The molecule has 4 heterocycles. The number of esters is 1. The Kier molecular flexibility index (Phi) is 12.2. The minimum Gasteiger partial charge on any atom is -0.468 e. The molecule has 19 nitrogen and oxygen atoms in total. The molecular weight excluding hydrogens is 707 g/mol. The third-order valence-corrected chi connectivity index (χ3v) is 16.3. The van der Waals surface area contributed by atoms with Crippen molar-refractivity contribution in [3.05, 3.63) is 75.6 Å². The van der Waals surface area contributed by atoms with Crippen LogP contribution in [0.3, 0.4) is 0 Å². The molecule has 2 aromatic rings. The lowest BCUT2D eigenvalue weighted by Gasteiger charge is -2.37. The molecule has 8 atom stereocenters. The van der Waals surface area contributed by atoms with Gasteiger partial charge in [-0.25, -0.2) is 14.7 Å². The standard InChI is InChI=1S/C30H47N8O11PSi/c1-16-12-37(28(42)32-25(16)39)23-10-19(34-36-31)22(48-23)15-50(44,35-18(3)27(41)45-7)49-20-11-24(38-13-17(2)26(40)33-29(38)43)47-21(20)14-46-51(8,9)30(4,5)6/h12-13,18-24H,10-11,14-15H2,1-9H3,(H,35,44)(H,32,39,42)(H,33,40,43)/t18-,19+,20+,21-,22-,23-,24-,50?/m1/s1. The second-order valence-electron chi connectivity index (χ2n) is 14.4. The van der Waals surface area contributed by atoms with Gasteiger partial charge in [-0.05, 0) is 44.4 Å². The van der Waals surface area contributed by atoms with Crippen LogP contribution in [0.2, 0.25) is 18.1 Å². The van der Waals surface area contributed by atoms with E-state index in [0.29, 0.717) is 0 Å². The van der Waals surface area contributed by atoms with Gasteiger partial charge in [0.15, 0.2) is 8.32 Å². The zero-order valence-electron chi connectivity index (χ0n) is 30.2. The van der Waals surface area contributed by atoms with Gasteiger partial charge in [-0.1, -0.05) is 25.9 Å². The van der Waals surface area contributed by atoms with E-state index >= 15 is 0 Å². The average molecular weight is 755 g/mol. The van der Waals surface area contributed by atoms with Gasteiger partial charge in [0.25, 0.3) is 18.6 Å². The predicted octanol–water partition coefficient (Wildman–Crippen LogP) is 2.71. The number of aromatic nitrogens is 4. The molecular formula is C30H47N8O11PSi. The summed E-state index contributed by atoms with van der Waals surface area (Å²) in [5, 5.41) is 6.43. The van der Waals surface area contributed by atoms with Crippen LogP contribution < -0.4 is 27.6 Å². The van der Waals surface area contributed by atoms with Crippen molar-refractivity contribution in [2.45, 2.75) is 115 Å². The van der Waals surface area contributed by atoms with Crippen LogP contribution in [0, 0.1) is 13.8 Å². The van der Waals surface area contributed by atoms with Gasteiger partial charge < -0.3 is 23.2 Å². The minimum atomic E-state index is -4.20. The van der Waals surface area contributed by atoms with Crippen LogP contribution in [0.25, 0.3) is 10.4 Å². The fourth-order valence-electron chi connectivity index (χ4n) is 5.58. The topological polar surface area (TPSA) is 251 Å². The third kappa shape index (κ3) is 9.25. The molecule has 4 rings (SSSR count). The second-order valence-corrected chi connectivity index (χ2v) is 21.4. The Balaban J connectivity index is 1.71. The summed E-state index contributed by atoms with van der Waals surface area (Å²) in [7, 11) is -5.38. The lowest BCUT2D eigenvalue weighted by molar-refractivity contribution is -0.142. The second kappa shape index (κ2) is 15.6. The maximum Gasteiger partial charge on any atom is 0.330 e. The molecule has 2 fully saturated rings. The maximum absolute atomic E-state index is 15.0. The molecule has 1 unspecified atom stereocenters. The van der Waals surface area contributed by atoms with E-state index in [0.717, 1.165) is 4.57 Å². The van der Waals surface area contributed by atoms with Crippen LogP contribution in [0.5, 0.6) is 0 Å². The number of rotatable bonds is 13. The highest BCUT2D eigenvalue weighted by Crippen LogP contribution is 2.51. The molecule has 2 aliphatic rings. The number of carbonyl (C=O) groups is 1. The van der Waals surface area contributed by atoms with Crippen molar-refractivity contribution < 1.29 is 32.5 Å². The number of hydrogen-bond acceptors (Lipinski definition) is 12. The van der Waals surface area contributed by atoms with E-state index < -0.39 is 93.3 Å². The Labute approximate surface area is 294 Å². The first-order valence-corrected chi connectivity index (χ1v) is 21.2. The van der Waals surface area contributed by atoms with E-state index in [2.05, 4.69) is 58.9 Å². The van der Waals surface area contributed by atoms with Crippen molar-refractivity contribution in [3.63, 3.8) is 0 Å². The number of nitrogens with one attached hydrogen (secondary N) is 3. The molecule has 2 saturated heterocycles. The number of azide groups is 1. The van der Waals surface area contributed by atoms with E-state index in [-0.39, 0.29) is 35.6 Å². The lowest BCUT2D eigenvalue weighted by Crippen LogP contribution is -2.44. The van der Waals surface area contributed by atoms with E-state index in [1.165, 1.54) is 37.9 Å². The Morgan fingerprint density at radius 2 is 1.59 bits per heavy atom. The molecule has 0 bridgehead atoms. The summed E-state index contributed by atoms with van der Waals surface area (Å²) in [6.45, 7) is 14.8. The Morgan fingerprint density at radius 1 is 1.06 bits per heavy atom. The van der Waals surface area contributed by atoms with Crippen LogP contribution in [-0.4, -0.2) is 83.7 Å². The maximum atomic E-state index is 15.0. The van der Waals surface area contributed by atoms with Crippen molar-refractivity contribution in [3.8, 4) is 0 Å². The van der Waals surface area contributed by atoms with Gasteiger partial charge in [-0.3, -0.25) is 38.1 Å². The summed E-state index contributed by atoms with van der Waals surface area (Å²) in [6, 6.07) is -2.07. The van der Waals surface area contributed by atoms with Crippen LogP contribution in [0.1, 0.15) is 64.1 Å². The van der Waals surface area contributed by atoms with Gasteiger partial charge >= 0.3 is 17.3 Å². The molecule has 0 radical (unpaired) electrons. The zero-order valence-corrected chi connectivity index (χ0v) is 32.1. The molecule has 2 aromatic heterocycles. The summed E-state index contributed by atoms with van der Waals surface area (Å²) < 4.78 is 47.5. The Bertz CT molecular complexity index is 1950. The summed E-state index contributed by atoms with van der Waals surface area (Å²) >= 11 is 0. The fraction of sp³-hybridized carbons (Fsp3) is 0.700. The van der Waals surface area contributed by atoms with Crippen LogP contribution in [0.4, 0.5) is 0 Å². The number of aryl methyl sites for hydroxylation is 2. The lowest BCUT2D eigenvalue weighted by atomic mass is 10.1. The average Bonchev–Trinajstić information content (AvgIpc) is 3.61. The predicted molar refractivity (Wildman–Crippen MR) is 187 cm³/mol. The first-order chi connectivity index (χ1) is 23.7. The van der Waals surface area contributed by atoms with Crippen LogP contribution in [-0.2, 0) is 32.5 Å². The number of carbonyl (C=O) groups excluding carboxylic acids is 1. The molecule has 0 amide bonds. The van der Waals surface area contributed by atoms with Crippen molar-refractivity contribution >= 4 is 21.8 Å². The fourth-order valence-corrected chi connectivity index (χ4v) is 9.01. The molecule has 0 aromatic carbocycles. The van der Waals surface area contributed by atoms with Crippen LogP contribution >= 0.6 is 7.52 Å². The van der Waals surface area contributed by atoms with E-state index in [9.17, 15) is 34.1 Å². The van der Waals surface area contributed by atoms with Gasteiger partial charge in [-0.2, -0.15) is 0 Å². The summed E-state index contributed by atoms with van der Waals surface area (Å²) in [4.78, 5) is 69.6. The highest BCUT2D eigenvalue weighted by Gasteiger charge is 2.48. The SMILES string of the molecule is COC(=O)[C@@H](C)NP(=O)(C[C@H]1O[C@@H](n2cc(C)c(=O)[nH]c2=O)C[C@@H]1N=[N+]=[N-])O[C@H]1C[C@H](n2cc(C)c(=O)[nH]c2=O)O[C@@H]1CO[Si](C)(C)C(C)(C)C. The summed E-state index contributed by atoms with van der Waals surface area (Å²) in [6.07, 6.45) is -2.63. The molecule has 0 saturated carbocycles. The van der Waals surface area contributed by atoms with Crippen LogP contribution in [0.15, 0.2) is 36.7 Å². The van der Waals surface area contributed by atoms with E-state index in [4.69, 9.17) is 23.2 Å². The van der Waals surface area contributed by atoms with E-state index in [1.807, 2.05) is 0 Å². The number of hydrogen-bond donors (Lipinski definition) is 3.